The van der Waals surface area contributed by atoms with Crippen LogP contribution < -0.4 is 5.73 Å². The lowest BCUT2D eigenvalue weighted by Crippen LogP contribution is -2.28. The maximum absolute atomic E-state index is 5.86. The fourth-order valence-electron chi connectivity index (χ4n) is 3.51. The van der Waals surface area contributed by atoms with E-state index < -0.39 is 0 Å². The quantitative estimate of drug-likeness (QED) is 0.196. The minimum absolute atomic E-state index is 0.207. The van der Waals surface area contributed by atoms with Gasteiger partial charge < -0.3 is 5.73 Å². The highest BCUT2D eigenvalue weighted by Crippen LogP contribution is 2.15. The average Bonchev–Trinajstić information content (AvgIpc) is 2.71. The number of unbranched alkanes of at least 4 members (excludes halogenated alkanes) is 15. The molecule has 0 heterocycles. The molecule has 2 N–H and O–H groups in total. The van der Waals surface area contributed by atoms with E-state index in [1.54, 1.807) is 0 Å². The third-order valence-electron chi connectivity index (χ3n) is 5.50. The van der Waals surface area contributed by atoms with E-state index in [1.165, 1.54) is 108 Å². The van der Waals surface area contributed by atoms with Crippen molar-refractivity contribution < 1.29 is 0 Å². The van der Waals surface area contributed by atoms with E-state index in [1.807, 2.05) is 44.2 Å². The first-order chi connectivity index (χ1) is 14.0. The largest absolute Gasteiger partial charge is 0.322 e. The number of hydrogen-bond acceptors (Lipinski definition) is 1. The highest BCUT2D eigenvalue weighted by Gasteiger charge is 2.11. The highest BCUT2D eigenvalue weighted by atomic mass is 35.5. The van der Waals surface area contributed by atoms with Crippen molar-refractivity contribution in [1.82, 2.24) is 0 Å². The van der Waals surface area contributed by atoms with Crippen molar-refractivity contribution in [3.8, 4) is 0 Å². The Morgan fingerprint density at radius 2 is 0.966 bits per heavy atom. The molecular formula is C27H50ClN. The lowest BCUT2D eigenvalue weighted by Gasteiger charge is -2.18. The fraction of sp³-hybridized carbons (Fsp3) is 0.778. The molecule has 0 aliphatic carbocycles. The molecule has 0 atom stereocenters. The normalized spacial score (nSPS) is 11.2. The van der Waals surface area contributed by atoms with Gasteiger partial charge in [0.2, 0.25) is 0 Å². The zero-order valence-electron chi connectivity index (χ0n) is 19.9. The molecule has 170 valence electrons. The van der Waals surface area contributed by atoms with Gasteiger partial charge in [0, 0.05) is 11.4 Å². The number of hydrogen-bond donors (Lipinski definition) is 1. The maximum atomic E-state index is 5.86. The van der Waals surface area contributed by atoms with Crippen LogP contribution in [-0.4, -0.2) is 5.88 Å². The molecule has 0 aliphatic rings. The summed E-state index contributed by atoms with van der Waals surface area (Å²) in [6.45, 7) is 6.29. The molecule has 1 aromatic carbocycles. The van der Waals surface area contributed by atoms with Crippen LogP contribution in [0.15, 0.2) is 30.3 Å². The van der Waals surface area contributed by atoms with Crippen molar-refractivity contribution in [3.05, 3.63) is 35.9 Å². The summed E-state index contributed by atoms with van der Waals surface area (Å²) in [5.74, 6) is 0.846. The summed E-state index contributed by atoms with van der Waals surface area (Å²) in [5.41, 5.74) is 6.83. The summed E-state index contributed by atoms with van der Waals surface area (Å²) in [7, 11) is 0. The van der Waals surface area contributed by atoms with Gasteiger partial charge >= 0.3 is 0 Å². The van der Waals surface area contributed by atoms with Crippen LogP contribution in [0.2, 0.25) is 0 Å². The minimum atomic E-state index is -0.207. The Balaban J connectivity index is 0.000000651. The number of rotatable bonds is 17. The van der Waals surface area contributed by atoms with Crippen LogP contribution in [-0.2, 0) is 5.54 Å². The van der Waals surface area contributed by atoms with E-state index in [0.717, 1.165) is 5.88 Å². The van der Waals surface area contributed by atoms with Crippen molar-refractivity contribution in [2.24, 2.45) is 5.73 Å². The lowest BCUT2D eigenvalue weighted by molar-refractivity contribution is 0.531. The number of alkyl halides is 1. The van der Waals surface area contributed by atoms with E-state index in [2.05, 4.69) is 6.92 Å². The molecule has 1 nitrogen and oxygen atoms in total. The van der Waals surface area contributed by atoms with Gasteiger partial charge in [0.25, 0.3) is 0 Å². The van der Waals surface area contributed by atoms with Gasteiger partial charge in [0.1, 0.15) is 0 Å². The second kappa shape index (κ2) is 20.7. The van der Waals surface area contributed by atoms with E-state index >= 15 is 0 Å². The first-order valence-corrected chi connectivity index (χ1v) is 13.0. The Hall–Kier alpha value is -0.530. The van der Waals surface area contributed by atoms with Crippen LogP contribution in [0.5, 0.6) is 0 Å². The van der Waals surface area contributed by atoms with Gasteiger partial charge in [-0.05, 0) is 25.8 Å². The molecule has 0 saturated heterocycles. The Morgan fingerprint density at radius 1 is 0.621 bits per heavy atom. The lowest BCUT2D eigenvalue weighted by atomic mass is 9.96. The molecule has 2 heteroatoms. The zero-order valence-corrected chi connectivity index (χ0v) is 20.6. The fourth-order valence-corrected chi connectivity index (χ4v) is 3.70. The summed E-state index contributed by atoms with van der Waals surface area (Å²) in [6.07, 6.45) is 22.8. The summed E-state index contributed by atoms with van der Waals surface area (Å²) < 4.78 is 0. The first-order valence-electron chi connectivity index (χ1n) is 12.4. The Kier molecular flexibility index (Phi) is 20.4. The van der Waals surface area contributed by atoms with Crippen molar-refractivity contribution in [1.29, 1.82) is 0 Å². The summed E-state index contributed by atoms with van der Waals surface area (Å²) in [4.78, 5) is 0. The molecule has 0 amide bonds. The van der Waals surface area contributed by atoms with Crippen molar-refractivity contribution >= 4 is 11.6 Å². The van der Waals surface area contributed by atoms with Crippen molar-refractivity contribution in [3.63, 3.8) is 0 Å². The van der Waals surface area contributed by atoms with E-state index in [9.17, 15) is 0 Å². The SMILES string of the molecule is CC(C)(N)c1ccccc1.CCCCCCCCCCCCCCCCCCCl. The summed E-state index contributed by atoms with van der Waals surface area (Å²) in [5, 5.41) is 0. The van der Waals surface area contributed by atoms with Crippen LogP contribution in [0.3, 0.4) is 0 Å². The third-order valence-corrected chi connectivity index (χ3v) is 5.77. The van der Waals surface area contributed by atoms with Gasteiger partial charge in [-0.3, -0.25) is 0 Å². The van der Waals surface area contributed by atoms with Crippen molar-refractivity contribution in [2.75, 3.05) is 5.88 Å². The highest BCUT2D eigenvalue weighted by molar-refractivity contribution is 6.17. The molecule has 0 aliphatic heterocycles. The predicted octanol–water partition coefficient (Wildman–Crippen LogP) is 9.37. The molecule has 0 fully saturated rings. The van der Waals surface area contributed by atoms with Crippen LogP contribution in [0.25, 0.3) is 0 Å². The second-order valence-electron chi connectivity index (χ2n) is 9.08. The van der Waals surface area contributed by atoms with Gasteiger partial charge in [-0.2, -0.15) is 0 Å². The number of halogens is 1. The van der Waals surface area contributed by atoms with E-state index in [4.69, 9.17) is 17.3 Å². The topological polar surface area (TPSA) is 26.0 Å². The van der Waals surface area contributed by atoms with Gasteiger partial charge in [-0.15, -0.1) is 11.6 Å². The van der Waals surface area contributed by atoms with Crippen LogP contribution in [0.1, 0.15) is 129 Å². The zero-order chi connectivity index (χ0) is 21.6. The van der Waals surface area contributed by atoms with E-state index in [-0.39, 0.29) is 5.54 Å². The summed E-state index contributed by atoms with van der Waals surface area (Å²) >= 11 is 5.66. The molecular weight excluding hydrogens is 374 g/mol. The van der Waals surface area contributed by atoms with Crippen LogP contribution in [0, 0.1) is 0 Å². The van der Waals surface area contributed by atoms with E-state index in [0.29, 0.717) is 0 Å². The molecule has 0 saturated carbocycles. The Morgan fingerprint density at radius 3 is 1.24 bits per heavy atom. The maximum Gasteiger partial charge on any atom is 0.0352 e. The number of benzene rings is 1. The molecule has 29 heavy (non-hydrogen) atoms. The van der Waals surface area contributed by atoms with Crippen LogP contribution in [0.4, 0.5) is 0 Å². The van der Waals surface area contributed by atoms with Gasteiger partial charge in [0.05, 0.1) is 0 Å². The minimum Gasteiger partial charge on any atom is -0.322 e. The molecule has 1 rings (SSSR count). The van der Waals surface area contributed by atoms with Gasteiger partial charge in [-0.1, -0.05) is 134 Å². The average molecular weight is 424 g/mol. The van der Waals surface area contributed by atoms with Crippen molar-refractivity contribution in [2.45, 2.75) is 129 Å². The molecule has 0 spiro atoms. The van der Waals surface area contributed by atoms with Crippen LogP contribution >= 0.6 is 11.6 Å². The number of nitrogens with two attached hydrogens (primary N) is 1. The molecule has 0 aromatic heterocycles. The Labute approximate surface area is 188 Å². The molecule has 1 aromatic rings. The third kappa shape index (κ3) is 20.5. The summed E-state index contributed by atoms with van der Waals surface area (Å²) in [6, 6.07) is 10.1. The first kappa shape index (κ1) is 28.5. The smallest absolute Gasteiger partial charge is 0.0352 e. The Bertz CT molecular complexity index is 408. The molecule has 0 bridgehead atoms. The van der Waals surface area contributed by atoms with Gasteiger partial charge in [0.15, 0.2) is 0 Å². The molecule has 0 unspecified atom stereocenters. The second-order valence-corrected chi connectivity index (χ2v) is 9.46. The monoisotopic (exact) mass is 423 g/mol. The molecule has 0 radical (unpaired) electrons. The van der Waals surface area contributed by atoms with Gasteiger partial charge in [-0.25, -0.2) is 0 Å². The standard InChI is InChI=1S/C18H37Cl.C9H13N/c1-2-3-4-5-6-7-8-9-10-11-12-13-14-15-16-17-18-19;1-9(2,10)8-6-4-3-5-7-8/h2-18H2,1H3;3-7H,10H2,1-2H3. The predicted molar refractivity (Wildman–Crippen MR) is 134 cm³/mol.